The van der Waals surface area contributed by atoms with Crippen molar-refractivity contribution in [2.24, 2.45) is 5.73 Å². The van der Waals surface area contributed by atoms with Crippen LogP contribution >= 0.6 is 46.4 Å². The van der Waals surface area contributed by atoms with E-state index in [0.717, 1.165) is 31.1 Å². The predicted molar refractivity (Wildman–Crippen MR) is 244 cm³/mol. The third-order valence-corrected chi connectivity index (χ3v) is 11.4. The number of anilines is 4. The van der Waals surface area contributed by atoms with Crippen LogP contribution in [0.2, 0.25) is 20.1 Å². The molecule has 2 fully saturated rings. The smallest absolute Gasteiger partial charge is 0.339 e. The van der Waals surface area contributed by atoms with Crippen molar-refractivity contribution < 1.29 is 24.3 Å². The number of piperidine rings is 2. The van der Waals surface area contributed by atoms with Crippen LogP contribution in [0.4, 0.5) is 22.7 Å². The molecule has 2 atom stereocenters. The van der Waals surface area contributed by atoms with E-state index in [0.29, 0.717) is 91.3 Å². The molecule has 0 unspecified atom stereocenters. The number of hydrogen-bond acceptors (Lipinski definition) is 10. The number of H-pyrrole nitrogens is 2. The number of primary amides is 1. The van der Waals surface area contributed by atoms with E-state index in [4.69, 9.17) is 52.1 Å². The summed E-state index contributed by atoms with van der Waals surface area (Å²) in [5.74, 6) is -1.68. The number of fused-ring (bicyclic) bond motifs is 2. The second-order valence-electron chi connectivity index (χ2n) is 14.9. The molecule has 0 spiro atoms. The molecule has 0 aliphatic carbocycles. The monoisotopic (exact) mass is 921 g/mol. The SMILES string of the molecule is NC(=O)c1cnc2[nH]ccc2c1N[C@@H]1CCCN(C(=O)CNc2cc(Cl)cc(Cl)c2)C1.O=C(O)c1cnc2[nH]ccc2c1N[C@@H]1CCCN(C(=O)CNc2cc(Cl)cc(Cl)c2)C1. The molecule has 3 amide bonds. The fourth-order valence-electron chi connectivity index (χ4n) is 7.62. The van der Waals surface area contributed by atoms with Crippen LogP contribution < -0.4 is 27.0 Å². The maximum absolute atomic E-state index is 12.8. The molecule has 20 heteroatoms. The van der Waals surface area contributed by atoms with Crippen LogP contribution in [-0.4, -0.2) is 110 Å². The summed E-state index contributed by atoms with van der Waals surface area (Å²) in [5.41, 5.74) is 9.79. The summed E-state index contributed by atoms with van der Waals surface area (Å²) in [6.07, 6.45) is 9.65. The van der Waals surface area contributed by atoms with Crippen LogP contribution in [0.5, 0.6) is 0 Å². The summed E-state index contributed by atoms with van der Waals surface area (Å²) in [4.78, 5) is 67.1. The van der Waals surface area contributed by atoms with Gasteiger partial charge >= 0.3 is 5.97 Å². The minimum atomic E-state index is -1.05. The maximum Gasteiger partial charge on any atom is 0.339 e. The number of likely N-dealkylation sites (tertiary alicyclic amines) is 2. The fraction of sp³-hybridized carbons (Fsp3) is 0.286. The topological polar surface area (TPSA) is 226 Å². The van der Waals surface area contributed by atoms with E-state index in [1.807, 2.05) is 6.07 Å². The molecule has 0 saturated carbocycles. The molecule has 2 aliphatic rings. The van der Waals surface area contributed by atoms with Crippen molar-refractivity contribution in [3.05, 3.63) is 105 Å². The van der Waals surface area contributed by atoms with Gasteiger partial charge in [-0.05, 0) is 74.2 Å². The van der Waals surface area contributed by atoms with E-state index < -0.39 is 11.9 Å². The van der Waals surface area contributed by atoms with Crippen LogP contribution in [-0.2, 0) is 9.59 Å². The number of carboxylic acids is 1. The summed E-state index contributed by atoms with van der Waals surface area (Å²) in [6.45, 7) is 2.56. The minimum absolute atomic E-state index is 0.0167. The second kappa shape index (κ2) is 19.8. The number of carboxylic acid groups (broad SMARTS) is 1. The normalized spacial score (nSPS) is 16.3. The Bertz CT molecular complexity index is 2400. The van der Waals surface area contributed by atoms with E-state index in [9.17, 15) is 24.3 Å². The lowest BCUT2D eigenvalue weighted by Crippen LogP contribution is -2.47. The Morgan fingerprint density at radius 1 is 0.677 bits per heavy atom. The highest BCUT2D eigenvalue weighted by Crippen LogP contribution is 2.30. The Kier molecular flexibility index (Phi) is 14.1. The van der Waals surface area contributed by atoms with Gasteiger partial charge in [0, 0.05) is 105 Å². The van der Waals surface area contributed by atoms with E-state index in [-0.39, 0.29) is 42.6 Å². The lowest BCUT2D eigenvalue weighted by Gasteiger charge is -2.34. The third-order valence-electron chi connectivity index (χ3n) is 10.5. The molecule has 2 saturated heterocycles. The van der Waals surface area contributed by atoms with Crippen molar-refractivity contribution in [1.82, 2.24) is 29.7 Å². The second-order valence-corrected chi connectivity index (χ2v) is 16.7. The van der Waals surface area contributed by atoms with Crippen molar-refractivity contribution in [1.29, 1.82) is 0 Å². The first-order chi connectivity index (χ1) is 29.8. The Morgan fingerprint density at radius 3 is 1.52 bits per heavy atom. The molecule has 0 bridgehead atoms. The number of hydrogen-bond donors (Lipinski definition) is 8. The zero-order chi connectivity index (χ0) is 43.9. The van der Waals surface area contributed by atoms with Gasteiger partial charge in [0.15, 0.2) is 0 Å². The van der Waals surface area contributed by atoms with Gasteiger partial charge in [-0.2, -0.15) is 0 Å². The zero-order valence-electron chi connectivity index (χ0n) is 33.1. The van der Waals surface area contributed by atoms with Gasteiger partial charge in [-0.1, -0.05) is 46.4 Å². The molecular formula is C42H43Cl4N11O5. The maximum atomic E-state index is 12.8. The molecule has 62 heavy (non-hydrogen) atoms. The number of benzene rings is 2. The number of aromatic carboxylic acids is 1. The first-order valence-corrected chi connectivity index (χ1v) is 21.3. The van der Waals surface area contributed by atoms with Gasteiger partial charge in [-0.25, -0.2) is 14.8 Å². The number of halogens is 4. The fourth-order valence-corrected chi connectivity index (χ4v) is 8.67. The van der Waals surface area contributed by atoms with Gasteiger partial charge < -0.3 is 51.9 Å². The number of nitrogens with one attached hydrogen (secondary N) is 6. The summed E-state index contributed by atoms with van der Waals surface area (Å²) in [7, 11) is 0. The van der Waals surface area contributed by atoms with Crippen LogP contribution in [0.25, 0.3) is 22.1 Å². The molecular weight excluding hydrogens is 880 g/mol. The predicted octanol–water partition coefficient (Wildman–Crippen LogP) is 7.57. The molecule has 324 valence electrons. The lowest BCUT2D eigenvalue weighted by atomic mass is 10.0. The van der Waals surface area contributed by atoms with Gasteiger partial charge in [0.2, 0.25) is 11.8 Å². The highest BCUT2D eigenvalue weighted by molar-refractivity contribution is 6.35. The molecule has 6 heterocycles. The van der Waals surface area contributed by atoms with Crippen LogP contribution in [0, 0.1) is 0 Å². The van der Waals surface area contributed by atoms with Crippen LogP contribution in [0.3, 0.4) is 0 Å². The average molecular weight is 924 g/mol. The zero-order valence-corrected chi connectivity index (χ0v) is 36.1. The third kappa shape index (κ3) is 10.9. The van der Waals surface area contributed by atoms with Crippen molar-refractivity contribution >= 4 is 115 Å². The molecule has 4 aromatic heterocycles. The van der Waals surface area contributed by atoms with Gasteiger partial charge in [-0.15, -0.1) is 0 Å². The minimum Gasteiger partial charge on any atom is -0.478 e. The summed E-state index contributed by atoms with van der Waals surface area (Å²) in [6, 6.07) is 13.7. The van der Waals surface area contributed by atoms with E-state index >= 15 is 0 Å². The molecule has 2 aromatic carbocycles. The van der Waals surface area contributed by atoms with E-state index in [1.165, 1.54) is 12.4 Å². The highest BCUT2D eigenvalue weighted by atomic mass is 35.5. The number of aromatic nitrogens is 4. The van der Waals surface area contributed by atoms with Gasteiger partial charge in [0.1, 0.15) is 16.9 Å². The van der Waals surface area contributed by atoms with Gasteiger partial charge in [-0.3, -0.25) is 14.4 Å². The number of pyridine rings is 2. The summed E-state index contributed by atoms with van der Waals surface area (Å²) >= 11 is 24.0. The van der Waals surface area contributed by atoms with Crippen LogP contribution in [0.1, 0.15) is 46.4 Å². The Morgan fingerprint density at radius 2 is 1.10 bits per heavy atom. The summed E-state index contributed by atoms with van der Waals surface area (Å²) in [5, 5.41) is 26.0. The van der Waals surface area contributed by atoms with E-state index in [1.54, 1.807) is 64.7 Å². The number of carbonyl (C=O) groups excluding carboxylic acids is 3. The molecule has 9 N–H and O–H groups in total. The average Bonchev–Trinajstić information content (AvgIpc) is 3.93. The van der Waals surface area contributed by atoms with Crippen LogP contribution in [0.15, 0.2) is 73.3 Å². The van der Waals surface area contributed by atoms with Crippen molar-refractivity contribution in [2.45, 2.75) is 37.8 Å². The van der Waals surface area contributed by atoms with Crippen molar-refractivity contribution in [3.8, 4) is 0 Å². The number of carbonyl (C=O) groups is 4. The van der Waals surface area contributed by atoms with Crippen molar-refractivity contribution in [3.63, 3.8) is 0 Å². The lowest BCUT2D eigenvalue weighted by molar-refractivity contribution is -0.131. The molecule has 8 rings (SSSR count). The first-order valence-electron chi connectivity index (χ1n) is 19.7. The molecule has 2 aliphatic heterocycles. The number of rotatable bonds is 12. The Hall–Kier alpha value is -5.94. The molecule has 0 radical (unpaired) electrons. The quantitative estimate of drug-likeness (QED) is 0.0597. The Balaban J connectivity index is 0.000000186. The largest absolute Gasteiger partial charge is 0.478 e. The van der Waals surface area contributed by atoms with Gasteiger partial charge in [0.25, 0.3) is 5.91 Å². The van der Waals surface area contributed by atoms with Gasteiger partial charge in [0.05, 0.1) is 30.0 Å². The number of nitrogens with two attached hydrogens (primary N) is 1. The number of amides is 3. The standard InChI is InChI=1S/C21H22Cl2N6O2.C21H21Cl2N5O3/c22-12-6-13(23)8-15(7-12)26-10-18(30)29-5-1-2-14(11-29)28-19-16-3-4-25-21(16)27-9-17(19)20(24)31;22-12-6-13(23)8-15(7-12)25-10-18(29)28-5-1-2-14(11-28)27-19-16-3-4-24-20(16)26-9-17(19)21(30)31/h3-4,6-9,14,26H,1-2,5,10-11H2,(H2,24,31)(H2,25,27,28);3-4,6-9,14,25H,1-2,5,10-11H2,(H,30,31)(H2,24,26,27)/t2*14-/m11/s1. The Labute approximate surface area is 375 Å². The highest BCUT2D eigenvalue weighted by Gasteiger charge is 2.27. The summed E-state index contributed by atoms with van der Waals surface area (Å²) < 4.78 is 0. The first kappa shape index (κ1) is 44.1. The number of aromatic amines is 2. The number of nitrogens with zero attached hydrogens (tertiary/aromatic N) is 4. The molecule has 6 aromatic rings. The van der Waals surface area contributed by atoms with Crippen molar-refractivity contribution in [2.75, 3.05) is 60.5 Å². The molecule has 16 nitrogen and oxygen atoms in total. The van der Waals surface area contributed by atoms with E-state index in [2.05, 4.69) is 41.2 Å².